The van der Waals surface area contributed by atoms with E-state index in [0.29, 0.717) is 17.3 Å². The molecule has 0 unspecified atom stereocenters. The van der Waals surface area contributed by atoms with Crippen molar-refractivity contribution < 1.29 is 14.1 Å². The Labute approximate surface area is 156 Å². The number of benzene rings is 2. The van der Waals surface area contributed by atoms with Gasteiger partial charge in [0.15, 0.2) is 5.82 Å². The first-order valence-electron chi connectivity index (χ1n) is 8.44. The third kappa shape index (κ3) is 4.94. The predicted molar refractivity (Wildman–Crippen MR) is 103 cm³/mol. The molecule has 0 saturated carbocycles. The minimum atomic E-state index is -0.630. The van der Waals surface area contributed by atoms with E-state index in [1.807, 2.05) is 30.3 Å². The third-order valence-electron chi connectivity index (χ3n) is 3.79. The van der Waals surface area contributed by atoms with Crippen LogP contribution in [0, 0.1) is 6.92 Å². The molecule has 1 atom stereocenters. The molecule has 27 heavy (non-hydrogen) atoms. The van der Waals surface area contributed by atoms with Gasteiger partial charge < -0.3 is 20.5 Å². The molecule has 7 nitrogen and oxygen atoms in total. The highest BCUT2D eigenvalue weighted by atomic mass is 16.5. The average molecular weight is 364 g/mol. The van der Waals surface area contributed by atoms with Crippen LogP contribution in [-0.4, -0.2) is 17.0 Å². The van der Waals surface area contributed by atoms with Gasteiger partial charge in [-0.25, -0.2) is 0 Å². The second kappa shape index (κ2) is 8.18. The van der Waals surface area contributed by atoms with Crippen LogP contribution in [0.5, 0.6) is 0 Å². The molecular weight excluding hydrogens is 344 g/mol. The number of aryl methyl sites for hydroxylation is 1. The molecule has 1 heterocycles. The summed E-state index contributed by atoms with van der Waals surface area (Å²) in [6.45, 7) is 3.21. The van der Waals surface area contributed by atoms with Gasteiger partial charge in [-0.05, 0) is 36.8 Å². The number of hydrogen-bond acceptors (Lipinski definition) is 5. The summed E-state index contributed by atoms with van der Waals surface area (Å²) in [6, 6.07) is 17.5. The van der Waals surface area contributed by atoms with Gasteiger partial charge in [-0.1, -0.05) is 35.5 Å². The predicted octanol–water partition coefficient (Wildman–Crippen LogP) is 3.73. The van der Waals surface area contributed by atoms with Gasteiger partial charge in [0.2, 0.25) is 5.91 Å². The van der Waals surface area contributed by atoms with Crippen LogP contribution in [0.4, 0.5) is 17.2 Å². The van der Waals surface area contributed by atoms with Gasteiger partial charge in [0.25, 0.3) is 5.91 Å². The fraction of sp³-hybridized carbons (Fsp3) is 0.150. The number of carbonyl (C=O) groups excluding carboxylic acids is 2. The molecule has 0 fully saturated rings. The first-order valence-corrected chi connectivity index (χ1v) is 8.44. The number of anilines is 3. The van der Waals surface area contributed by atoms with Crippen LogP contribution in [-0.2, 0) is 9.59 Å². The van der Waals surface area contributed by atoms with E-state index in [9.17, 15) is 9.59 Å². The lowest BCUT2D eigenvalue weighted by Gasteiger charge is -2.19. The smallest absolute Gasteiger partial charge is 0.252 e. The normalized spacial score (nSPS) is 11.5. The monoisotopic (exact) mass is 364 g/mol. The summed E-state index contributed by atoms with van der Waals surface area (Å²) in [5.41, 5.74) is 2.23. The summed E-state index contributed by atoms with van der Waals surface area (Å²) < 4.78 is 4.99. The molecule has 1 aromatic heterocycles. The van der Waals surface area contributed by atoms with Crippen LogP contribution in [0.15, 0.2) is 65.2 Å². The Kier molecular flexibility index (Phi) is 5.51. The molecule has 3 aromatic rings. The molecular formula is C20H20N4O3. The number of hydrogen-bond donors (Lipinski definition) is 3. The molecule has 3 rings (SSSR count). The zero-order chi connectivity index (χ0) is 19.2. The zero-order valence-corrected chi connectivity index (χ0v) is 15.0. The van der Waals surface area contributed by atoms with Crippen molar-refractivity contribution in [3.63, 3.8) is 0 Å². The van der Waals surface area contributed by atoms with Crippen LogP contribution in [0.2, 0.25) is 0 Å². The number of amides is 2. The Morgan fingerprint density at radius 3 is 2.22 bits per heavy atom. The zero-order valence-electron chi connectivity index (χ0n) is 15.0. The van der Waals surface area contributed by atoms with Gasteiger partial charge in [-0.15, -0.1) is 0 Å². The van der Waals surface area contributed by atoms with Crippen molar-refractivity contribution >= 4 is 29.0 Å². The van der Waals surface area contributed by atoms with Crippen LogP contribution in [0.3, 0.4) is 0 Å². The van der Waals surface area contributed by atoms with Crippen molar-refractivity contribution in [1.82, 2.24) is 5.16 Å². The number of nitrogens with one attached hydrogen (secondary N) is 3. The van der Waals surface area contributed by atoms with E-state index in [-0.39, 0.29) is 11.8 Å². The molecule has 7 heteroatoms. The van der Waals surface area contributed by atoms with Crippen LogP contribution in [0.25, 0.3) is 0 Å². The van der Waals surface area contributed by atoms with Crippen LogP contribution < -0.4 is 16.0 Å². The second-order valence-corrected chi connectivity index (χ2v) is 6.06. The summed E-state index contributed by atoms with van der Waals surface area (Å²) >= 11 is 0. The van der Waals surface area contributed by atoms with Crippen molar-refractivity contribution in [1.29, 1.82) is 0 Å². The molecule has 3 N–H and O–H groups in total. The van der Waals surface area contributed by atoms with Gasteiger partial charge in [0, 0.05) is 24.4 Å². The van der Waals surface area contributed by atoms with Gasteiger partial charge in [0.05, 0.1) is 0 Å². The Morgan fingerprint density at radius 1 is 0.963 bits per heavy atom. The fourth-order valence-electron chi connectivity index (χ4n) is 2.59. The summed E-state index contributed by atoms with van der Waals surface area (Å²) in [6.07, 6.45) is 0. The number of carbonyl (C=O) groups is 2. The second-order valence-electron chi connectivity index (χ2n) is 6.06. The number of nitrogens with zero attached hydrogens (tertiary/aromatic N) is 1. The van der Waals surface area contributed by atoms with E-state index in [1.54, 1.807) is 37.3 Å². The topological polar surface area (TPSA) is 96.3 Å². The Morgan fingerprint density at radius 2 is 1.63 bits per heavy atom. The van der Waals surface area contributed by atoms with Crippen LogP contribution in [0.1, 0.15) is 24.3 Å². The standard InChI is InChI=1S/C20H20N4O3/c1-13-12-18(24-27-13)23-20(26)19(15-6-4-3-5-7-15)22-17-10-8-16(9-11-17)21-14(2)25/h3-12,19,22H,1-2H3,(H,21,25)(H,23,24,26)/t19-/m1/s1. The van der Waals surface area contributed by atoms with Crippen LogP contribution >= 0.6 is 0 Å². The summed E-state index contributed by atoms with van der Waals surface area (Å²) in [4.78, 5) is 24.0. The van der Waals surface area contributed by atoms with Gasteiger partial charge in [-0.3, -0.25) is 9.59 Å². The lowest BCUT2D eigenvalue weighted by atomic mass is 10.1. The summed E-state index contributed by atoms with van der Waals surface area (Å²) in [5.74, 6) is 0.574. The van der Waals surface area contributed by atoms with E-state index in [2.05, 4.69) is 21.1 Å². The molecule has 138 valence electrons. The highest BCUT2D eigenvalue weighted by Gasteiger charge is 2.21. The molecule has 2 aromatic carbocycles. The molecule has 2 amide bonds. The van der Waals surface area contributed by atoms with Gasteiger partial charge >= 0.3 is 0 Å². The molecule has 0 bridgehead atoms. The molecule has 0 aliphatic rings. The maximum Gasteiger partial charge on any atom is 0.252 e. The van der Waals surface area contributed by atoms with Gasteiger partial charge in [-0.2, -0.15) is 0 Å². The first-order chi connectivity index (χ1) is 13.0. The highest BCUT2D eigenvalue weighted by molar-refractivity contribution is 5.96. The van der Waals surface area contributed by atoms with Crippen molar-refractivity contribution in [2.45, 2.75) is 19.9 Å². The van der Waals surface area contributed by atoms with E-state index >= 15 is 0 Å². The highest BCUT2D eigenvalue weighted by Crippen LogP contribution is 2.23. The maximum atomic E-state index is 12.8. The first kappa shape index (κ1) is 18.2. The summed E-state index contributed by atoms with van der Waals surface area (Å²) in [7, 11) is 0. The third-order valence-corrected chi connectivity index (χ3v) is 3.79. The minimum absolute atomic E-state index is 0.139. The summed E-state index contributed by atoms with van der Waals surface area (Å²) in [5, 5.41) is 12.5. The van der Waals surface area contributed by atoms with Crippen molar-refractivity contribution in [3.8, 4) is 0 Å². The number of aromatic nitrogens is 1. The minimum Gasteiger partial charge on any atom is -0.370 e. The van der Waals surface area contributed by atoms with Crippen molar-refractivity contribution in [2.75, 3.05) is 16.0 Å². The fourth-order valence-corrected chi connectivity index (χ4v) is 2.59. The largest absolute Gasteiger partial charge is 0.370 e. The quantitative estimate of drug-likeness (QED) is 0.619. The van der Waals surface area contributed by atoms with Crippen molar-refractivity contribution in [2.24, 2.45) is 0 Å². The van der Waals surface area contributed by atoms with Crippen molar-refractivity contribution in [3.05, 3.63) is 72.0 Å². The number of rotatable bonds is 6. The molecule has 0 spiro atoms. The molecule has 0 saturated heterocycles. The van der Waals surface area contributed by atoms with E-state index in [1.165, 1.54) is 6.92 Å². The molecule has 0 radical (unpaired) electrons. The molecule has 0 aliphatic heterocycles. The molecule has 0 aliphatic carbocycles. The Hall–Kier alpha value is -3.61. The maximum absolute atomic E-state index is 12.8. The van der Waals surface area contributed by atoms with E-state index in [4.69, 9.17) is 4.52 Å². The van der Waals surface area contributed by atoms with E-state index < -0.39 is 6.04 Å². The lowest BCUT2D eigenvalue weighted by molar-refractivity contribution is -0.117. The Balaban J connectivity index is 1.80. The van der Waals surface area contributed by atoms with Gasteiger partial charge in [0.1, 0.15) is 11.8 Å². The SMILES string of the molecule is CC(=O)Nc1ccc(N[C@@H](C(=O)Nc2cc(C)on2)c2ccccc2)cc1. The Bertz CT molecular complexity index is 920. The van der Waals surface area contributed by atoms with E-state index in [0.717, 1.165) is 11.3 Å². The lowest BCUT2D eigenvalue weighted by Crippen LogP contribution is -2.27. The average Bonchev–Trinajstić information content (AvgIpc) is 3.06.